The maximum Gasteiger partial charge on any atom is 0.257 e. The number of hydrogen-bond acceptors (Lipinski definition) is 7. The summed E-state index contributed by atoms with van der Waals surface area (Å²) >= 11 is 1.42. The summed E-state index contributed by atoms with van der Waals surface area (Å²) in [5.74, 6) is 0.231. The Hall–Kier alpha value is -3.56. The molecule has 4 heterocycles. The van der Waals surface area contributed by atoms with Gasteiger partial charge >= 0.3 is 0 Å². The maximum atomic E-state index is 12.8. The molecule has 1 aliphatic heterocycles. The largest absolute Gasteiger partial charge is 0.479 e. The second kappa shape index (κ2) is 8.89. The third-order valence-corrected chi connectivity index (χ3v) is 6.25. The van der Waals surface area contributed by atoms with Crippen LogP contribution in [0.3, 0.4) is 0 Å². The van der Waals surface area contributed by atoms with Gasteiger partial charge in [-0.25, -0.2) is 15.0 Å². The smallest absolute Gasteiger partial charge is 0.257 e. The number of hydrogen-bond donors (Lipinski definition) is 1. The van der Waals surface area contributed by atoms with Crippen LogP contribution in [0.5, 0.6) is 5.88 Å². The molecule has 1 N–H and O–H groups in total. The van der Waals surface area contributed by atoms with Crippen molar-refractivity contribution in [2.24, 2.45) is 0 Å². The van der Waals surface area contributed by atoms with E-state index in [2.05, 4.69) is 26.3 Å². The number of thiazole rings is 1. The van der Waals surface area contributed by atoms with E-state index < -0.39 is 0 Å². The van der Waals surface area contributed by atoms with Gasteiger partial charge in [0.05, 0.1) is 31.4 Å². The first-order chi connectivity index (χ1) is 15.7. The Morgan fingerprint density at radius 3 is 2.91 bits per heavy atom. The molecule has 0 spiro atoms. The molecule has 8 nitrogen and oxygen atoms in total. The highest BCUT2D eigenvalue weighted by Crippen LogP contribution is 2.37. The van der Waals surface area contributed by atoms with Crippen molar-refractivity contribution in [3.63, 3.8) is 0 Å². The van der Waals surface area contributed by atoms with Crippen LogP contribution in [-0.4, -0.2) is 45.7 Å². The zero-order chi connectivity index (χ0) is 21.9. The maximum absolute atomic E-state index is 12.8. The first-order valence-electron chi connectivity index (χ1n) is 10.2. The second-order valence-electron chi connectivity index (χ2n) is 7.32. The van der Waals surface area contributed by atoms with Crippen LogP contribution in [0.2, 0.25) is 0 Å². The molecule has 0 saturated heterocycles. The number of benzene rings is 1. The summed E-state index contributed by atoms with van der Waals surface area (Å²) in [5, 5.41) is 3.43. The lowest BCUT2D eigenvalue weighted by atomic mass is 10.0. The minimum Gasteiger partial charge on any atom is -0.479 e. The lowest BCUT2D eigenvalue weighted by Crippen LogP contribution is -2.11. The van der Waals surface area contributed by atoms with E-state index in [1.165, 1.54) is 16.9 Å². The Labute approximate surface area is 188 Å². The molecule has 1 aliphatic rings. The van der Waals surface area contributed by atoms with E-state index in [9.17, 15) is 4.79 Å². The number of fused-ring (bicyclic) bond motifs is 1. The van der Waals surface area contributed by atoms with Crippen molar-refractivity contribution < 1.29 is 14.3 Å². The van der Waals surface area contributed by atoms with Gasteiger partial charge in [-0.05, 0) is 29.7 Å². The summed E-state index contributed by atoms with van der Waals surface area (Å²) in [5.41, 5.74) is 4.48. The molecule has 0 saturated carbocycles. The Morgan fingerprint density at radius 2 is 2.19 bits per heavy atom. The molecule has 0 bridgehead atoms. The third kappa shape index (κ3) is 4.12. The van der Waals surface area contributed by atoms with Gasteiger partial charge in [0.1, 0.15) is 5.52 Å². The van der Waals surface area contributed by atoms with Crippen molar-refractivity contribution in [1.29, 1.82) is 0 Å². The van der Waals surface area contributed by atoms with Crippen molar-refractivity contribution in [3.8, 4) is 5.88 Å². The topological polar surface area (TPSA) is 91.2 Å². The number of nitrogens with zero attached hydrogens (tertiary/aromatic N) is 4. The summed E-state index contributed by atoms with van der Waals surface area (Å²) in [6.45, 7) is 1.97. The molecule has 0 radical (unpaired) electrons. The van der Waals surface area contributed by atoms with Crippen LogP contribution < -0.4 is 10.1 Å². The average Bonchev–Trinajstić information content (AvgIpc) is 3.49. The molecular formula is C23H21N5O3S. The molecule has 1 aromatic carbocycles. The Balaban J connectivity index is 1.38. The fourth-order valence-corrected chi connectivity index (χ4v) is 4.61. The minimum absolute atomic E-state index is 0.211. The zero-order valence-electron chi connectivity index (χ0n) is 17.4. The van der Waals surface area contributed by atoms with Gasteiger partial charge in [-0.3, -0.25) is 10.1 Å². The summed E-state index contributed by atoms with van der Waals surface area (Å²) < 4.78 is 13.7. The van der Waals surface area contributed by atoms with E-state index in [4.69, 9.17) is 9.47 Å². The lowest BCUT2D eigenvalue weighted by molar-refractivity contribution is 0.102. The SMILES string of the molecule is COc1ncc(C2=CCOCC2)c2sc(NC(=O)c3ccc(Cn4ccnc4)cc3)nc12. The molecule has 0 aliphatic carbocycles. The van der Waals surface area contributed by atoms with E-state index in [1.807, 2.05) is 35.0 Å². The molecule has 5 rings (SSSR count). The normalized spacial score (nSPS) is 13.7. The van der Waals surface area contributed by atoms with Crippen LogP contribution in [0.4, 0.5) is 5.13 Å². The van der Waals surface area contributed by atoms with Crippen molar-refractivity contribution in [1.82, 2.24) is 19.5 Å². The molecular weight excluding hydrogens is 426 g/mol. The number of rotatable bonds is 6. The number of ether oxygens (including phenoxy) is 2. The summed E-state index contributed by atoms with van der Waals surface area (Å²) in [6, 6.07) is 7.51. The molecule has 3 aromatic heterocycles. The highest BCUT2D eigenvalue weighted by Gasteiger charge is 2.19. The van der Waals surface area contributed by atoms with Crippen LogP contribution in [0.1, 0.15) is 27.9 Å². The van der Waals surface area contributed by atoms with Gasteiger partial charge in [0, 0.05) is 36.3 Å². The first-order valence-corrected chi connectivity index (χ1v) is 11.0. The predicted molar refractivity (Wildman–Crippen MR) is 123 cm³/mol. The molecule has 162 valence electrons. The number of anilines is 1. The summed E-state index contributed by atoms with van der Waals surface area (Å²) in [6.07, 6.45) is 10.1. The Kier molecular flexibility index (Phi) is 5.66. The molecule has 0 atom stereocenters. The van der Waals surface area contributed by atoms with Gasteiger partial charge < -0.3 is 14.0 Å². The molecule has 32 heavy (non-hydrogen) atoms. The van der Waals surface area contributed by atoms with Gasteiger partial charge in [-0.1, -0.05) is 29.5 Å². The average molecular weight is 448 g/mol. The van der Waals surface area contributed by atoms with Crippen molar-refractivity contribution in [2.75, 3.05) is 25.6 Å². The van der Waals surface area contributed by atoms with E-state index in [0.29, 0.717) is 41.9 Å². The van der Waals surface area contributed by atoms with Gasteiger partial charge in [0.25, 0.3) is 5.91 Å². The molecule has 9 heteroatoms. The van der Waals surface area contributed by atoms with E-state index >= 15 is 0 Å². The standard InChI is InChI=1S/C23H21N5O3S/c1-30-22-19-20(18(12-25-22)16-6-10-31-11-7-16)32-23(26-19)27-21(29)17-4-2-15(3-5-17)13-28-9-8-24-14-28/h2-6,8-9,12,14H,7,10-11,13H2,1H3,(H,26,27,29). The molecule has 1 amide bonds. The number of methoxy groups -OCH3 is 1. The fraction of sp³-hybridized carbons (Fsp3) is 0.217. The quantitative estimate of drug-likeness (QED) is 0.480. The van der Waals surface area contributed by atoms with Crippen LogP contribution >= 0.6 is 11.3 Å². The van der Waals surface area contributed by atoms with Gasteiger partial charge in [-0.15, -0.1) is 0 Å². The zero-order valence-corrected chi connectivity index (χ0v) is 18.3. The van der Waals surface area contributed by atoms with Crippen LogP contribution in [-0.2, 0) is 11.3 Å². The summed E-state index contributed by atoms with van der Waals surface area (Å²) in [4.78, 5) is 25.9. The molecule has 4 aromatic rings. The van der Waals surface area contributed by atoms with E-state index in [0.717, 1.165) is 22.2 Å². The second-order valence-corrected chi connectivity index (χ2v) is 8.32. The van der Waals surface area contributed by atoms with E-state index in [1.54, 1.807) is 25.8 Å². The van der Waals surface area contributed by atoms with E-state index in [-0.39, 0.29) is 5.91 Å². The van der Waals surface area contributed by atoms with Crippen molar-refractivity contribution in [3.05, 3.63) is 71.9 Å². The van der Waals surface area contributed by atoms with Crippen molar-refractivity contribution in [2.45, 2.75) is 13.0 Å². The predicted octanol–water partition coefficient (Wildman–Crippen LogP) is 4.00. The number of carbonyl (C=O) groups excluding carboxylic acids is 1. The van der Waals surface area contributed by atoms with Gasteiger partial charge in [0.15, 0.2) is 5.13 Å². The van der Waals surface area contributed by atoms with Gasteiger partial charge in [0.2, 0.25) is 5.88 Å². The van der Waals surface area contributed by atoms with Crippen molar-refractivity contribution >= 4 is 38.2 Å². The number of aromatic nitrogens is 4. The Morgan fingerprint density at radius 1 is 1.31 bits per heavy atom. The fourth-order valence-electron chi connectivity index (χ4n) is 3.62. The third-order valence-electron chi connectivity index (χ3n) is 5.25. The molecule has 0 unspecified atom stereocenters. The number of nitrogens with one attached hydrogen (secondary N) is 1. The minimum atomic E-state index is -0.211. The monoisotopic (exact) mass is 447 g/mol. The molecule has 0 fully saturated rings. The highest BCUT2D eigenvalue weighted by atomic mass is 32.1. The van der Waals surface area contributed by atoms with Crippen LogP contribution in [0.15, 0.2) is 55.3 Å². The number of imidazole rings is 1. The lowest BCUT2D eigenvalue weighted by Gasteiger charge is -2.14. The highest BCUT2D eigenvalue weighted by molar-refractivity contribution is 7.22. The van der Waals surface area contributed by atoms with Crippen LogP contribution in [0.25, 0.3) is 15.8 Å². The summed E-state index contributed by atoms with van der Waals surface area (Å²) in [7, 11) is 1.57. The number of pyridine rings is 1. The van der Waals surface area contributed by atoms with Crippen LogP contribution in [0, 0.1) is 0 Å². The first kappa shape index (κ1) is 20.3. The number of amides is 1. The number of carbonyl (C=O) groups is 1. The van der Waals surface area contributed by atoms with Gasteiger partial charge in [-0.2, -0.15) is 0 Å². The Bertz CT molecular complexity index is 1280.